The molecule has 0 aliphatic heterocycles. The van der Waals surface area contributed by atoms with E-state index in [1.807, 2.05) is 6.07 Å². The fraction of sp³-hybridized carbons (Fsp3) is 0. The molecule has 0 amide bonds. The SMILES string of the molecule is [c]1nc2c(-c3cc4ncsc4nn3)cnnc2o1. The Morgan fingerprint density at radius 2 is 2.22 bits per heavy atom. The van der Waals surface area contributed by atoms with E-state index in [0.29, 0.717) is 22.5 Å². The van der Waals surface area contributed by atoms with Gasteiger partial charge in [-0.1, -0.05) is 0 Å². The molecule has 0 unspecified atom stereocenters. The van der Waals surface area contributed by atoms with Gasteiger partial charge in [-0.3, -0.25) is 0 Å². The van der Waals surface area contributed by atoms with Crippen LogP contribution in [0.25, 0.3) is 32.8 Å². The summed E-state index contributed by atoms with van der Waals surface area (Å²) in [6, 6.07) is 1.84. The van der Waals surface area contributed by atoms with Gasteiger partial charge in [0, 0.05) is 0 Å². The van der Waals surface area contributed by atoms with Crippen molar-refractivity contribution in [3.8, 4) is 11.3 Å². The van der Waals surface area contributed by atoms with E-state index in [9.17, 15) is 0 Å². The number of rotatable bonds is 1. The first-order valence-electron chi connectivity index (χ1n) is 4.97. The van der Waals surface area contributed by atoms with Crippen molar-refractivity contribution in [2.45, 2.75) is 0 Å². The fourth-order valence-electron chi connectivity index (χ4n) is 1.65. The summed E-state index contributed by atoms with van der Waals surface area (Å²) < 4.78 is 4.98. The van der Waals surface area contributed by atoms with Gasteiger partial charge in [0.1, 0.15) is 11.0 Å². The first kappa shape index (κ1) is 9.54. The molecule has 8 heteroatoms. The van der Waals surface area contributed by atoms with Gasteiger partial charge in [-0.05, 0) is 6.07 Å². The topological polar surface area (TPSA) is 90.5 Å². The van der Waals surface area contributed by atoms with E-state index in [2.05, 4.69) is 36.8 Å². The lowest BCUT2D eigenvalue weighted by atomic mass is 10.2. The zero-order valence-corrected chi connectivity index (χ0v) is 9.55. The van der Waals surface area contributed by atoms with Crippen LogP contribution in [0.5, 0.6) is 0 Å². The van der Waals surface area contributed by atoms with Gasteiger partial charge in [-0.25, -0.2) is 9.97 Å². The smallest absolute Gasteiger partial charge is 0.286 e. The maximum Gasteiger partial charge on any atom is 0.286 e. The lowest BCUT2D eigenvalue weighted by Crippen LogP contribution is -1.91. The van der Waals surface area contributed by atoms with Gasteiger partial charge in [0.05, 0.1) is 23.0 Å². The van der Waals surface area contributed by atoms with Crippen LogP contribution in [-0.4, -0.2) is 30.4 Å². The second-order valence-electron chi connectivity index (χ2n) is 3.49. The van der Waals surface area contributed by atoms with Gasteiger partial charge >= 0.3 is 0 Å². The van der Waals surface area contributed by atoms with Crippen LogP contribution in [0, 0.1) is 6.39 Å². The van der Waals surface area contributed by atoms with Gasteiger partial charge in [0.2, 0.25) is 0 Å². The average Bonchev–Trinajstić information content (AvgIpc) is 3.05. The highest BCUT2D eigenvalue weighted by Crippen LogP contribution is 2.25. The molecule has 0 N–H and O–H groups in total. The van der Waals surface area contributed by atoms with Crippen LogP contribution < -0.4 is 0 Å². The van der Waals surface area contributed by atoms with Crippen molar-refractivity contribution in [3.63, 3.8) is 0 Å². The van der Waals surface area contributed by atoms with E-state index in [1.165, 1.54) is 11.3 Å². The molecule has 85 valence electrons. The molecule has 0 saturated carbocycles. The average molecular weight is 255 g/mol. The minimum Gasteiger partial charge on any atom is -0.412 e. The second-order valence-corrected chi connectivity index (χ2v) is 4.32. The van der Waals surface area contributed by atoms with E-state index in [-0.39, 0.29) is 0 Å². The molecular weight excluding hydrogens is 252 g/mol. The van der Waals surface area contributed by atoms with Crippen LogP contribution in [-0.2, 0) is 0 Å². The first-order valence-corrected chi connectivity index (χ1v) is 5.85. The van der Waals surface area contributed by atoms with Crippen LogP contribution in [0.15, 0.2) is 22.2 Å². The zero-order valence-electron chi connectivity index (χ0n) is 8.73. The largest absolute Gasteiger partial charge is 0.412 e. The zero-order chi connectivity index (χ0) is 11.9. The van der Waals surface area contributed by atoms with Crippen molar-refractivity contribution < 1.29 is 4.42 Å². The highest BCUT2D eigenvalue weighted by atomic mass is 32.1. The lowest BCUT2D eigenvalue weighted by molar-refractivity contribution is 0.575. The van der Waals surface area contributed by atoms with Gasteiger partial charge in [0.15, 0.2) is 4.83 Å². The maximum atomic E-state index is 4.98. The summed E-state index contributed by atoms with van der Waals surface area (Å²) in [5.74, 6) is 0. The molecule has 0 aromatic carbocycles. The molecule has 18 heavy (non-hydrogen) atoms. The molecule has 0 aliphatic rings. The number of thiazole rings is 1. The van der Waals surface area contributed by atoms with Gasteiger partial charge in [-0.15, -0.1) is 26.6 Å². The van der Waals surface area contributed by atoms with Crippen molar-refractivity contribution in [3.05, 3.63) is 24.2 Å². The summed E-state index contributed by atoms with van der Waals surface area (Å²) in [5, 5.41) is 15.9. The van der Waals surface area contributed by atoms with Crippen molar-refractivity contribution in [1.29, 1.82) is 0 Å². The first-order chi connectivity index (χ1) is 8.92. The second kappa shape index (κ2) is 3.50. The molecule has 0 aliphatic carbocycles. The van der Waals surface area contributed by atoms with Crippen molar-refractivity contribution >= 4 is 32.9 Å². The van der Waals surface area contributed by atoms with Gasteiger partial charge in [0.25, 0.3) is 12.1 Å². The van der Waals surface area contributed by atoms with Crippen LogP contribution in [0.2, 0.25) is 0 Å². The predicted octanol–water partition coefficient (Wildman–Crippen LogP) is 1.48. The number of hydrogen-bond donors (Lipinski definition) is 0. The highest BCUT2D eigenvalue weighted by Gasteiger charge is 2.12. The van der Waals surface area contributed by atoms with Crippen molar-refractivity contribution in [1.82, 2.24) is 30.4 Å². The number of hydrogen-bond acceptors (Lipinski definition) is 8. The minimum atomic E-state index is 0.327. The third kappa shape index (κ3) is 1.29. The highest BCUT2D eigenvalue weighted by molar-refractivity contribution is 7.16. The van der Waals surface area contributed by atoms with E-state index >= 15 is 0 Å². The summed E-state index contributed by atoms with van der Waals surface area (Å²) in [7, 11) is 0. The molecule has 4 aromatic rings. The molecule has 0 bridgehead atoms. The normalized spacial score (nSPS) is 11.3. The standard InChI is InChI=1S/C10H3N6OS/c1-6(14-16-10-7(1)12-4-18-10)5-2-13-15-9-8(5)11-3-17-9/h1-2,4H. The molecule has 1 radical (unpaired) electrons. The van der Waals surface area contributed by atoms with E-state index in [1.54, 1.807) is 11.7 Å². The summed E-state index contributed by atoms with van der Waals surface area (Å²) >= 11 is 1.44. The molecule has 0 atom stereocenters. The van der Waals surface area contributed by atoms with Gasteiger partial charge < -0.3 is 4.42 Å². The van der Waals surface area contributed by atoms with Crippen LogP contribution in [0.4, 0.5) is 0 Å². The van der Waals surface area contributed by atoms with E-state index in [4.69, 9.17) is 4.42 Å². The van der Waals surface area contributed by atoms with Crippen molar-refractivity contribution in [2.24, 2.45) is 0 Å². The Hall–Kier alpha value is -2.48. The molecule has 4 aromatic heterocycles. The minimum absolute atomic E-state index is 0.327. The Morgan fingerprint density at radius 3 is 3.22 bits per heavy atom. The summed E-state index contributed by atoms with van der Waals surface area (Å²) in [5.41, 5.74) is 4.75. The third-order valence-corrected chi connectivity index (χ3v) is 3.19. The monoisotopic (exact) mass is 255 g/mol. The van der Waals surface area contributed by atoms with E-state index < -0.39 is 0 Å². The van der Waals surface area contributed by atoms with Gasteiger partial charge in [-0.2, -0.15) is 5.10 Å². The Balaban J connectivity index is 2.03. The Morgan fingerprint density at radius 1 is 1.22 bits per heavy atom. The molecule has 0 spiro atoms. The van der Waals surface area contributed by atoms with Crippen molar-refractivity contribution in [2.75, 3.05) is 0 Å². The fourth-order valence-corrected chi connectivity index (χ4v) is 2.24. The Labute approximate surface area is 104 Å². The lowest BCUT2D eigenvalue weighted by Gasteiger charge is -1.98. The molecule has 0 fully saturated rings. The summed E-state index contributed by atoms with van der Waals surface area (Å²) in [4.78, 5) is 8.98. The number of aromatic nitrogens is 6. The summed E-state index contributed by atoms with van der Waals surface area (Å²) in [6.45, 7) is 0. The van der Waals surface area contributed by atoms with Crippen LogP contribution in [0.3, 0.4) is 0 Å². The number of fused-ring (bicyclic) bond motifs is 2. The summed E-state index contributed by atoms with van der Waals surface area (Å²) in [6.07, 6.45) is 3.96. The van der Waals surface area contributed by atoms with Crippen LogP contribution >= 0.6 is 11.3 Å². The molecular formula is C10H3N6OS. The van der Waals surface area contributed by atoms with Crippen LogP contribution in [0.1, 0.15) is 0 Å². The van der Waals surface area contributed by atoms with E-state index in [0.717, 1.165) is 10.3 Å². The number of nitrogens with zero attached hydrogens (tertiary/aromatic N) is 6. The molecule has 4 rings (SSSR count). The molecule has 4 heterocycles. The Kier molecular flexibility index (Phi) is 1.86. The quantitative estimate of drug-likeness (QED) is 0.508. The molecule has 0 saturated heterocycles. The number of oxazole rings is 1. The predicted molar refractivity (Wildman–Crippen MR) is 62.6 cm³/mol. The Bertz CT molecular complexity index is 853. The maximum absolute atomic E-state index is 4.98. The molecule has 7 nitrogen and oxygen atoms in total. The third-order valence-electron chi connectivity index (χ3n) is 2.47.